The van der Waals surface area contributed by atoms with Gasteiger partial charge in [-0.25, -0.2) is 9.59 Å². The number of alkyl carbamates (subject to hydrolysis) is 1. The SMILES string of the molecule is C=CCCCC(C)(C)C(NC(=O)OCc1ccccc1)C(=O)N1CC2C([C@H]1C(=O)N[C@@H](CCCCC)C(=O)OC)C2(C)C. The zero-order valence-corrected chi connectivity index (χ0v) is 26.8. The maximum Gasteiger partial charge on any atom is 0.408 e. The lowest BCUT2D eigenvalue weighted by atomic mass is 9.78. The Balaban J connectivity index is 1.83. The maximum absolute atomic E-state index is 14.4. The molecule has 238 valence electrons. The van der Waals surface area contributed by atoms with Crippen molar-refractivity contribution in [1.82, 2.24) is 15.5 Å². The van der Waals surface area contributed by atoms with Gasteiger partial charge in [0.2, 0.25) is 11.8 Å². The highest BCUT2D eigenvalue weighted by atomic mass is 16.5. The molecule has 2 N–H and O–H groups in total. The number of piperidine rings is 1. The van der Waals surface area contributed by atoms with Gasteiger partial charge in [-0.2, -0.15) is 0 Å². The van der Waals surface area contributed by atoms with Gasteiger partial charge in [0, 0.05) is 6.54 Å². The molecule has 0 bridgehead atoms. The van der Waals surface area contributed by atoms with Crippen LogP contribution < -0.4 is 10.6 Å². The molecule has 1 aliphatic carbocycles. The van der Waals surface area contributed by atoms with E-state index in [0.29, 0.717) is 19.4 Å². The van der Waals surface area contributed by atoms with Crippen molar-refractivity contribution in [3.63, 3.8) is 0 Å². The molecule has 0 aromatic heterocycles. The third kappa shape index (κ3) is 8.39. The first-order chi connectivity index (χ1) is 20.4. The number of carbonyl (C=O) groups excluding carboxylic acids is 4. The van der Waals surface area contributed by atoms with E-state index in [4.69, 9.17) is 9.47 Å². The summed E-state index contributed by atoms with van der Waals surface area (Å²) >= 11 is 0. The zero-order chi connectivity index (χ0) is 31.8. The summed E-state index contributed by atoms with van der Waals surface area (Å²) in [5, 5.41) is 5.78. The van der Waals surface area contributed by atoms with Crippen molar-refractivity contribution in [2.45, 2.75) is 104 Å². The molecule has 1 saturated heterocycles. The molecule has 9 nitrogen and oxygen atoms in total. The van der Waals surface area contributed by atoms with E-state index in [1.54, 1.807) is 4.90 Å². The number of ether oxygens (including phenoxy) is 2. The van der Waals surface area contributed by atoms with Crippen LogP contribution in [0, 0.1) is 22.7 Å². The number of nitrogens with one attached hydrogen (secondary N) is 2. The van der Waals surface area contributed by atoms with Gasteiger partial charge in [-0.15, -0.1) is 6.58 Å². The Kier molecular flexibility index (Phi) is 11.8. The van der Waals surface area contributed by atoms with Crippen LogP contribution in [0.2, 0.25) is 0 Å². The Morgan fingerprint density at radius 3 is 2.44 bits per heavy atom. The first-order valence-electron chi connectivity index (χ1n) is 15.7. The van der Waals surface area contributed by atoms with Gasteiger partial charge in [-0.05, 0) is 53.9 Å². The number of esters is 1. The van der Waals surface area contributed by atoms with Crippen LogP contribution in [0.15, 0.2) is 43.0 Å². The molecule has 1 aromatic rings. The predicted octanol–water partition coefficient (Wildman–Crippen LogP) is 5.39. The molecular formula is C34H51N3O6. The van der Waals surface area contributed by atoms with Crippen LogP contribution in [0.1, 0.15) is 85.1 Å². The van der Waals surface area contributed by atoms with E-state index in [-0.39, 0.29) is 35.7 Å². The summed E-state index contributed by atoms with van der Waals surface area (Å²) in [6, 6.07) is 6.89. The highest BCUT2D eigenvalue weighted by Crippen LogP contribution is 2.65. The number of amides is 3. The van der Waals surface area contributed by atoms with Crippen molar-refractivity contribution in [3.05, 3.63) is 48.6 Å². The monoisotopic (exact) mass is 597 g/mol. The van der Waals surface area contributed by atoms with Crippen molar-refractivity contribution in [3.8, 4) is 0 Å². The van der Waals surface area contributed by atoms with E-state index in [9.17, 15) is 19.2 Å². The van der Waals surface area contributed by atoms with Crippen LogP contribution >= 0.6 is 0 Å². The van der Waals surface area contributed by atoms with Gasteiger partial charge in [-0.3, -0.25) is 9.59 Å². The van der Waals surface area contributed by atoms with Crippen molar-refractivity contribution < 1.29 is 28.7 Å². The average molecular weight is 598 g/mol. The molecule has 1 aromatic carbocycles. The minimum Gasteiger partial charge on any atom is -0.467 e. The van der Waals surface area contributed by atoms with Crippen molar-refractivity contribution in [2.75, 3.05) is 13.7 Å². The summed E-state index contributed by atoms with van der Waals surface area (Å²) in [6.07, 6.45) is 6.54. The van der Waals surface area contributed by atoms with Gasteiger partial charge in [0.15, 0.2) is 0 Å². The minimum absolute atomic E-state index is 0.0417. The summed E-state index contributed by atoms with van der Waals surface area (Å²) in [4.78, 5) is 55.5. The van der Waals surface area contributed by atoms with Gasteiger partial charge in [0.05, 0.1) is 7.11 Å². The third-order valence-corrected chi connectivity index (χ3v) is 9.39. The minimum atomic E-state index is -0.919. The normalized spacial score (nSPS) is 21.6. The van der Waals surface area contributed by atoms with E-state index < -0.39 is 35.6 Å². The Bertz CT molecular complexity index is 1130. The van der Waals surface area contributed by atoms with Crippen LogP contribution in [0.3, 0.4) is 0 Å². The molecule has 0 radical (unpaired) electrons. The van der Waals surface area contributed by atoms with Crippen molar-refractivity contribution in [1.29, 1.82) is 0 Å². The zero-order valence-electron chi connectivity index (χ0n) is 26.8. The first kappa shape index (κ1) is 34.1. The number of allylic oxidation sites excluding steroid dienone is 1. The standard InChI is InChI=1S/C34H51N3O6/c1-8-10-13-19-25(31(40)42-7)35-29(38)27-26-24(34(26,5)6)21-37(27)30(39)28(33(3,4)20-16-11-9-2)36-32(41)43-22-23-17-14-12-15-18-23/h9,12,14-15,17-18,24-28H,2,8,10-11,13,16,19-22H2,1,3-7H3,(H,35,38)(H,36,41)/t24?,25-,26?,27-,28?/m0/s1. The van der Waals surface area contributed by atoms with E-state index in [1.165, 1.54) is 7.11 Å². The highest BCUT2D eigenvalue weighted by Gasteiger charge is 2.70. The summed E-state index contributed by atoms with van der Waals surface area (Å²) in [5.74, 6) is -1.05. The maximum atomic E-state index is 14.4. The number of fused-ring (bicyclic) bond motifs is 1. The number of likely N-dealkylation sites (tertiary alicyclic amines) is 1. The number of nitrogens with zero attached hydrogens (tertiary/aromatic N) is 1. The van der Waals surface area contributed by atoms with E-state index in [1.807, 2.05) is 50.3 Å². The Morgan fingerprint density at radius 2 is 1.81 bits per heavy atom. The lowest BCUT2D eigenvalue weighted by Crippen LogP contribution is -2.60. The quantitative estimate of drug-likeness (QED) is 0.150. The van der Waals surface area contributed by atoms with Gasteiger partial charge in [-0.1, -0.05) is 90.3 Å². The molecule has 5 atom stereocenters. The fourth-order valence-corrected chi connectivity index (χ4v) is 6.55. The van der Waals surface area contributed by atoms with Crippen molar-refractivity contribution in [2.24, 2.45) is 22.7 Å². The van der Waals surface area contributed by atoms with E-state index >= 15 is 0 Å². The summed E-state index contributed by atoms with van der Waals surface area (Å²) in [6.45, 7) is 14.5. The smallest absolute Gasteiger partial charge is 0.408 e. The summed E-state index contributed by atoms with van der Waals surface area (Å²) in [7, 11) is 1.31. The molecule has 43 heavy (non-hydrogen) atoms. The van der Waals surface area contributed by atoms with E-state index in [2.05, 4.69) is 38.0 Å². The fraction of sp³-hybridized carbons (Fsp3) is 0.647. The molecule has 1 saturated carbocycles. The van der Waals surface area contributed by atoms with Crippen molar-refractivity contribution >= 4 is 23.9 Å². The second-order valence-corrected chi connectivity index (χ2v) is 13.3. The van der Waals surface area contributed by atoms with Gasteiger partial charge in [0.1, 0.15) is 24.7 Å². The molecule has 3 amide bonds. The van der Waals surface area contributed by atoms with Crippen LogP contribution in [0.25, 0.3) is 0 Å². The third-order valence-electron chi connectivity index (χ3n) is 9.39. The molecule has 9 heteroatoms. The fourth-order valence-electron chi connectivity index (χ4n) is 6.55. The number of unbranched alkanes of at least 4 members (excludes halogenated alkanes) is 3. The average Bonchev–Trinajstić information content (AvgIpc) is 3.29. The van der Waals surface area contributed by atoms with Crippen LogP contribution in [0.4, 0.5) is 4.79 Å². The topological polar surface area (TPSA) is 114 Å². The largest absolute Gasteiger partial charge is 0.467 e. The highest BCUT2D eigenvalue weighted by molar-refractivity contribution is 5.95. The van der Waals surface area contributed by atoms with Gasteiger partial charge in [0.25, 0.3) is 0 Å². The summed E-state index contributed by atoms with van der Waals surface area (Å²) in [5.41, 5.74) is 0.0892. The van der Waals surface area contributed by atoms with Crippen LogP contribution in [-0.4, -0.2) is 60.6 Å². The Morgan fingerprint density at radius 1 is 1.12 bits per heavy atom. The molecule has 0 spiro atoms. The van der Waals surface area contributed by atoms with Crippen LogP contribution in [-0.2, 0) is 30.5 Å². The lowest BCUT2D eigenvalue weighted by molar-refractivity contribution is -0.148. The molecular weight excluding hydrogens is 546 g/mol. The second-order valence-electron chi connectivity index (χ2n) is 13.3. The molecule has 2 fully saturated rings. The molecule has 1 heterocycles. The van der Waals surface area contributed by atoms with E-state index in [0.717, 1.165) is 37.7 Å². The number of hydrogen-bond donors (Lipinski definition) is 2. The predicted molar refractivity (Wildman–Crippen MR) is 166 cm³/mol. The molecule has 3 unspecified atom stereocenters. The Hall–Kier alpha value is -3.36. The lowest BCUT2D eigenvalue weighted by Gasteiger charge is -2.39. The number of hydrogen-bond acceptors (Lipinski definition) is 6. The van der Waals surface area contributed by atoms with Gasteiger partial charge < -0.3 is 25.0 Å². The number of methoxy groups -OCH3 is 1. The van der Waals surface area contributed by atoms with Crippen LogP contribution in [0.5, 0.6) is 0 Å². The second kappa shape index (κ2) is 14.9. The number of carbonyl (C=O) groups is 4. The Labute approximate surface area is 257 Å². The number of rotatable bonds is 16. The molecule has 3 rings (SSSR count). The molecule has 2 aliphatic rings. The summed E-state index contributed by atoms with van der Waals surface area (Å²) < 4.78 is 10.5. The molecule has 1 aliphatic heterocycles. The number of benzene rings is 1. The van der Waals surface area contributed by atoms with Gasteiger partial charge >= 0.3 is 12.1 Å². The first-order valence-corrected chi connectivity index (χ1v) is 15.7.